The number of aromatic nitrogens is 4. The molecule has 3 heterocycles. The summed E-state index contributed by atoms with van der Waals surface area (Å²) in [5.74, 6) is 0.253. The first kappa shape index (κ1) is 17.7. The van der Waals surface area contributed by atoms with Crippen LogP contribution in [0.2, 0.25) is 0 Å². The molecule has 3 aromatic heterocycles. The summed E-state index contributed by atoms with van der Waals surface area (Å²) < 4.78 is 7.24. The quantitative estimate of drug-likeness (QED) is 0.347. The number of nitrogen functional groups attached to an aromatic ring is 1. The van der Waals surface area contributed by atoms with Crippen LogP contribution in [-0.2, 0) is 13.0 Å². The minimum atomic E-state index is -0.529. The van der Waals surface area contributed by atoms with Gasteiger partial charge in [-0.2, -0.15) is 10.1 Å². The van der Waals surface area contributed by atoms with E-state index in [2.05, 4.69) is 15.1 Å². The van der Waals surface area contributed by atoms with Crippen LogP contribution in [0.5, 0.6) is 0 Å². The van der Waals surface area contributed by atoms with E-state index in [9.17, 15) is 4.79 Å². The molecule has 142 valence electrons. The maximum Gasteiger partial charge on any atom is 0.274 e. The summed E-state index contributed by atoms with van der Waals surface area (Å²) in [4.78, 5) is 20.0. The Morgan fingerprint density at radius 2 is 2.04 bits per heavy atom. The van der Waals surface area contributed by atoms with E-state index in [0.29, 0.717) is 29.2 Å². The van der Waals surface area contributed by atoms with Gasteiger partial charge in [0.25, 0.3) is 5.91 Å². The van der Waals surface area contributed by atoms with Crippen LogP contribution >= 0.6 is 0 Å². The number of carbonyl (C=O) groups is 1. The molecular weight excluding hydrogens is 360 g/mol. The molecule has 4 rings (SSSR count). The highest BCUT2D eigenvalue weighted by Crippen LogP contribution is 2.27. The zero-order chi connectivity index (χ0) is 19.5. The number of hydroxylamine groups is 1. The molecule has 4 aromatic rings. The topological polar surface area (TPSA) is 132 Å². The van der Waals surface area contributed by atoms with Gasteiger partial charge in [-0.3, -0.25) is 10.0 Å². The fraction of sp³-hybridized carbons (Fsp3) is 0.158. The summed E-state index contributed by atoms with van der Waals surface area (Å²) in [5, 5.41) is 13.9. The average molecular weight is 378 g/mol. The number of carbonyl (C=O) groups excluding carboxylic acids is 1. The van der Waals surface area contributed by atoms with Crippen molar-refractivity contribution in [1.29, 1.82) is 0 Å². The van der Waals surface area contributed by atoms with E-state index in [4.69, 9.17) is 15.4 Å². The van der Waals surface area contributed by atoms with Gasteiger partial charge in [-0.15, -0.1) is 0 Å². The van der Waals surface area contributed by atoms with Gasteiger partial charge in [0, 0.05) is 12.1 Å². The molecule has 0 radical (unpaired) electrons. The van der Waals surface area contributed by atoms with Crippen molar-refractivity contribution < 1.29 is 14.4 Å². The molecule has 0 saturated carbocycles. The molecule has 1 amide bonds. The Hall–Kier alpha value is -3.72. The van der Waals surface area contributed by atoms with Crippen molar-refractivity contribution in [3.8, 4) is 11.5 Å². The predicted molar refractivity (Wildman–Crippen MR) is 101 cm³/mol. The summed E-state index contributed by atoms with van der Waals surface area (Å²) in [6.07, 6.45) is 4.92. The van der Waals surface area contributed by atoms with Gasteiger partial charge < -0.3 is 10.2 Å². The molecule has 9 heteroatoms. The van der Waals surface area contributed by atoms with E-state index >= 15 is 0 Å². The van der Waals surface area contributed by atoms with Gasteiger partial charge in [-0.25, -0.2) is 15.1 Å². The van der Waals surface area contributed by atoms with Gasteiger partial charge >= 0.3 is 0 Å². The third kappa shape index (κ3) is 3.42. The number of hydrogen-bond donors (Lipinski definition) is 3. The van der Waals surface area contributed by atoms with Crippen LogP contribution in [0.4, 0.5) is 5.95 Å². The van der Waals surface area contributed by atoms with E-state index in [1.54, 1.807) is 40.8 Å². The van der Waals surface area contributed by atoms with Gasteiger partial charge in [-0.1, -0.05) is 12.1 Å². The lowest BCUT2D eigenvalue weighted by molar-refractivity contribution is 0.0706. The molecule has 0 aliphatic rings. The number of nitrogens with one attached hydrogen (secondary N) is 1. The second kappa shape index (κ2) is 7.49. The molecule has 9 nitrogen and oxygen atoms in total. The normalized spacial score (nSPS) is 11.0. The zero-order valence-corrected chi connectivity index (χ0v) is 14.9. The lowest BCUT2D eigenvalue weighted by Crippen LogP contribution is -2.18. The molecule has 0 bridgehead atoms. The average Bonchev–Trinajstić information content (AvgIpc) is 3.38. The zero-order valence-electron chi connectivity index (χ0n) is 14.9. The van der Waals surface area contributed by atoms with Crippen molar-refractivity contribution in [2.24, 2.45) is 0 Å². The van der Waals surface area contributed by atoms with Gasteiger partial charge in [0.05, 0.1) is 17.8 Å². The minimum Gasteiger partial charge on any atom is -0.463 e. The van der Waals surface area contributed by atoms with E-state index < -0.39 is 5.91 Å². The van der Waals surface area contributed by atoms with Crippen molar-refractivity contribution in [1.82, 2.24) is 25.2 Å². The molecular formula is C19H18N6O3. The number of amides is 1. The van der Waals surface area contributed by atoms with Crippen LogP contribution in [0.1, 0.15) is 22.3 Å². The Labute approximate surface area is 159 Å². The summed E-state index contributed by atoms with van der Waals surface area (Å²) in [7, 11) is 0. The molecule has 4 N–H and O–H groups in total. The Kier molecular flexibility index (Phi) is 4.73. The van der Waals surface area contributed by atoms with Crippen molar-refractivity contribution >= 4 is 22.9 Å². The highest BCUT2D eigenvalue weighted by Gasteiger charge is 2.15. The number of nitrogens with zero attached hydrogens (tertiary/aromatic N) is 4. The number of benzene rings is 1. The summed E-state index contributed by atoms with van der Waals surface area (Å²) in [6.45, 7) is 0.649. The SMILES string of the molecule is Nc1nc(-c2ccco2)c2cnn(CCCc3ccc(C(=O)NO)cc3)c2n1. The first-order valence-corrected chi connectivity index (χ1v) is 8.72. The lowest BCUT2D eigenvalue weighted by atomic mass is 10.1. The summed E-state index contributed by atoms with van der Waals surface area (Å²) in [5.41, 5.74) is 10.3. The molecule has 0 spiro atoms. The molecule has 1 aromatic carbocycles. The molecule has 0 saturated heterocycles. The van der Waals surface area contributed by atoms with Crippen molar-refractivity contribution in [3.63, 3.8) is 0 Å². The molecule has 0 atom stereocenters. The monoisotopic (exact) mass is 378 g/mol. The fourth-order valence-corrected chi connectivity index (χ4v) is 3.06. The number of rotatable bonds is 6. The number of anilines is 1. The maximum atomic E-state index is 11.4. The predicted octanol–water partition coefficient (Wildman–Crippen LogP) is 2.42. The Morgan fingerprint density at radius 3 is 2.75 bits per heavy atom. The molecule has 28 heavy (non-hydrogen) atoms. The van der Waals surface area contributed by atoms with E-state index in [0.717, 1.165) is 23.8 Å². The summed E-state index contributed by atoms with van der Waals surface area (Å²) in [6, 6.07) is 10.7. The summed E-state index contributed by atoms with van der Waals surface area (Å²) >= 11 is 0. The van der Waals surface area contributed by atoms with Crippen LogP contribution in [0.3, 0.4) is 0 Å². The third-order valence-electron chi connectivity index (χ3n) is 4.42. The lowest BCUT2D eigenvalue weighted by Gasteiger charge is -2.06. The Balaban J connectivity index is 1.49. The van der Waals surface area contributed by atoms with Gasteiger partial charge in [0.15, 0.2) is 11.4 Å². The highest BCUT2D eigenvalue weighted by atomic mass is 16.5. The van der Waals surface area contributed by atoms with Crippen LogP contribution in [0.15, 0.2) is 53.3 Å². The van der Waals surface area contributed by atoms with Crippen LogP contribution in [0.25, 0.3) is 22.5 Å². The molecule has 0 fully saturated rings. The number of fused-ring (bicyclic) bond motifs is 1. The number of hydrogen-bond acceptors (Lipinski definition) is 7. The van der Waals surface area contributed by atoms with Gasteiger partial charge in [0.2, 0.25) is 5.95 Å². The first-order valence-electron chi connectivity index (χ1n) is 8.72. The van der Waals surface area contributed by atoms with E-state index in [1.165, 1.54) is 0 Å². The van der Waals surface area contributed by atoms with Crippen molar-refractivity contribution in [2.75, 3.05) is 5.73 Å². The minimum absolute atomic E-state index is 0.165. The largest absolute Gasteiger partial charge is 0.463 e. The van der Waals surface area contributed by atoms with Crippen molar-refractivity contribution in [2.45, 2.75) is 19.4 Å². The first-order chi connectivity index (χ1) is 13.7. The number of furan rings is 1. The molecule has 0 aliphatic carbocycles. The van der Waals surface area contributed by atoms with Crippen LogP contribution in [-0.4, -0.2) is 30.9 Å². The van der Waals surface area contributed by atoms with Crippen molar-refractivity contribution in [3.05, 3.63) is 60.0 Å². The van der Waals surface area contributed by atoms with Gasteiger partial charge in [-0.05, 0) is 42.7 Å². The van der Waals surface area contributed by atoms with Crippen LogP contribution in [0, 0.1) is 0 Å². The van der Waals surface area contributed by atoms with E-state index in [1.807, 2.05) is 18.2 Å². The highest BCUT2D eigenvalue weighted by molar-refractivity contribution is 5.93. The second-order valence-corrected chi connectivity index (χ2v) is 6.25. The number of nitrogens with two attached hydrogens (primary N) is 1. The standard InChI is InChI=1S/C19H18N6O3/c20-19-22-16(15-4-2-10-28-15)14-11-21-25(17(14)23-19)9-1-3-12-5-7-13(8-6-12)18(26)24-27/h2,4-8,10-11,27H,1,3,9H2,(H,24,26)(H2,20,22,23). The molecule has 0 unspecified atom stereocenters. The Morgan fingerprint density at radius 1 is 1.21 bits per heavy atom. The smallest absolute Gasteiger partial charge is 0.274 e. The number of aryl methyl sites for hydroxylation is 2. The Bertz CT molecular complexity index is 1100. The van der Waals surface area contributed by atoms with Gasteiger partial charge in [0.1, 0.15) is 5.69 Å². The molecule has 0 aliphatic heterocycles. The third-order valence-corrected chi connectivity index (χ3v) is 4.42. The van der Waals surface area contributed by atoms with Crippen LogP contribution < -0.4 is 11.2 Å². The second-order valence-electron chi connectivity index (χ2n) is 6.25. The fourth-order valence-electron chi connectivity index (χ4n) is 3.06. The maximum absolute atomic E-state index is 11.4. The van der Waals surface area contributed by atoms with E-state index in [-0.39, 0.29) is 5.95 Å².